The van der Waals surface area contributed by atoms with Crippen molar-refractivity contribution < 1.29 is 5.82 Å². The minimum absolute atomic E-state index is 0. The normalized spacial score (nSPS) is 14.2. The zero-order valence-corrected chi connectivity index (χ0v) is 18.2. The van der Waals surface area contributed by atoms with Crippen LogP contribution in [0.25, 0.3) is 22.0 Å². The second-order valence-electron chi connectivity index (χ2n) is 7.88. The molecule has 3 aromatic rings. The number of halogens is 1. The highest BCUT2D eigenvalue weighted by molar-refractivity contribution is 6.11. The van der Waals surface area contributed by atoms with Gasteiger partial charge >= 0.3 is 0 Å². The van der Waals surface area contributed by atoms with Gasteiger partial charge in [-0.1, -0.05) is 12.2 Å². The summed E-state index contributed by atoms with van der Waals surface area (Å²) in [6.07, 6.45) is 8.31. The molecular weight excluding hydrogens is 375 g/mol. The lowest BCUT2D eigenvalue weighted by Crippen LogP contribution is -2.04. The average molecular weight is 405 g/mol. The van der Waals surface area contributed by atoms with Gasteiger partial charge in [0.05, 0.1) is 16.9 Å². The Kier molecular flexibility index (Phi) is 5.37. The molecule has 0 amide bonds. The number of nitrogens with zero attached hydrogens (tertiary/aromatic N) is 4. The van der Waals surface area contributed by atoms with E-state index in [4.69, 9.17) is 0 Å². The molecule has 0 unspecified atom stereocenters. The standard InChI is InChI=1S/C25H27FN4.H2/c1-6-17(13-27-7-2)25-24-19(8-9-22(24)28-14-29-25)18-11-21(26)20-10-16(5)30(15(3)4)23(20)12-18;/h6,8,10-15H,7,9H2,1-5H3;1H/b17-6+,27-13?;. The molecule has 0 saturated heterocycles. The Morgan fingerprint density at radius 3 is 2.80 bits per heavy atom. The van der Waals surface area contributed by atoms with Crippen LogP contribution in [-0.2, 0) is 6.42 Å². The molecule has 0 bridgehead atoms. The molecule has 0 N–H and O–H groups in total. The molecule has 30 heavy (non-hydrogen) atoms. The maximum absolute atomic E-state index is 15.1. The Morgan fingerprint density at radius 1 is 1.30 bits per heavy atom. The number of benzene rings is 1. The number of aryl methyl sites for hydroxylation is 1. The van der Waals surface area contributed by atoms with Crippen LogP contribution in [0.3, 0.4) is 0 Å². The number of aliphatic imine (C=N–C) groups is 1. The van der Waals surface area contributed by atoms with Gasteiger partial charge in [0.25, 0.3) is 0 Å². The number of aromatic nitrogens is 3. The van der Waals surface area contributed by atoms with Gasteiger partial charge in [-0.3, -0.25) is 4.99 Å². The molecule has 0 saturated carbocycles. The number of hydrogen-bond acceptors (Lipinski definition) is 3. The summed E-state index contributed by atoms with van der Waals surface area (Å²) >= 11 is 0. The van der Waals surface area contributed by atoms with Gasteiger partial charge in [0.1, 0.15) is 12.1 Å². The highest BCUT2D eigenvalue weighted by Crippen LogP contribution is 2.38. The first kappa shape index (κ1) is 20.2. The van der Waals surface area contributed by atoms with Crippen LogP contribution in [0.1, 0.15) is 63.4 Å². The molecule has 0 spiro atoms. The quantitative estimate of drug-likeness (QED) is 0.476. The molecular formula is C25H29FN4. The van der Waals surface area contributed by atoms with Crippen LogP contribution in [0.5, 0.6) is 0 Å². The second kappa shape index (κ2) is 7.98. The van der Waals surface area contributed by atoms with Crippen molar-refractivity contribution in [3.8, 4) is 0 Å². The van der Waals surface area contributed by atoms with Gasteiger partial charge in [0.2, 0.25) is 0 Å². The monoisotopic (exact) mass is 404 g/mol. The Labute approximate surface area is 178 Å². The molecule has 4 rings (SSSR count). The smallest absolute Gasteiger partial charge is 0.133 e. The van der Waals surface area contributed by atoms with Gasteiger partial charge in [-0.2, -0.15) is 0 Å². The predicted octanol–water partition coefficient (Wildman–Crippen LogP) is 6.19. The average Bonchev–Trinajstić information content (AvgIpc) is 3.29. The van der Waals surface area contributed by atoms with Crippen LogP contribution in [0.4, 0.5) is 4.39 Å². The van der Waals surface area contributed by atoms with Gasteiger partial charge in [-0.25, -0.2) is 14.4 Å². The van der Waals surface area contributed by atoms with E-state index < -0.39 is 0 Å². The molecule has 0 atom stereocenters. The van der Waals surface area contributed by atoms with Crippen LogP contribution in [0.15, 0.2) is 41.7 Å². The lowest BCUT2D eigenvalue weighted by Gasteiger charge is -2.15. The first-order chi connectivity index (χ1) is 14.5. The number of rotatable bonds is 5. The third kappa shape index (κ3) is 3.28. The molecule has 1 aliphatic rings. The molecule has 0 radical (unpaired) electrons. The summed E-state index contributed by atoms with van der Waals surface area (Å²) in [4.78, 5) is 13.5. The van der Waals surface area contributed by atoms with E-state index in [9.17, 15) is 0 Å². The largest absolute Gasteiger partial charge is 0.342 e. The second-order valence-corrected chi connectivity index (χ2v) is 7.88. The number of hydrogen-bond donors (Lipinski definition) is 0. The molecule has 0 fully saturated rings. The van der Waals surface area contributed by atoms with E-state index in [0.717, 1.165) is 44.9 Å². The molecule has 4 nitrogen and oxygen atoms in total. The van der Waals surface area contributed by atoms with Crippen molar-refractivity contribution in [2.75, 3.05) is 6.54 Å². The first-order valence-electron chi connectivity index (χ1n) is 10.5. The van der Waals surface area contributed by atoms with Crippen LogP contribution in [-0.4, -0.2) is 27.3 Å². The lowest BCUT2D eigenvalue weighted by molar-refractivity contribution is 0.606. The van der Waals surface area contributed by atoms with Gasteiger partial charge in [-0.05, 0) is 64.0 Å². The maximum atomic E-state index is 15.1. The lowest BCUT2D eigenvalue weighted by atomic mass is 9.95. The van der Waals surface area contributed by atoms with Crippen molar-refractivity contribution in [1.82, 2.24) is 14.5 Å². The summed E-state index contributed by atoms with van der Waals surface area (Å²) in [5.41, 5.74) is 7.57. The summed E-state index contributed by atoms with van der Waals surface area (Å²) in [6, 6.07) is 5.91. The molecule has 1 aromatic carbocycles. The van der Waals surface area contributed by atoms with Crippen molar-refractivity contribution in [2.24, 2.45) is 4.99 Å². The molecule has 1 aliphatic carbocycles. The fraction of sp³-hybridized carbons (Fsp3) is 0.320. The number of fused-ring (bicyclic) bond motifs is 2. The van der Waals surface area contributed by atoms with Crippen molar-refractivity contribution in [3.05, 3.63) is 70.7 Å². The third-order valence-electron chi connectivity index (χ3n) is 5.62. The first-order valence-corrected chi connectivity index (χ1v) is 10.5. The highest BCUT2D eigenvalue weighted by Gasteiger charge is 2.24. The van der Waals surface area contributed by atoms with Crippen LogP contribution >= 0.6 is 0 Å². The van der Waals surface area contributed by atoms with Crippen LogP contribution in [0, 0.1) is 12.7 Å². The fourth-order valence-electron chi connectivity index (χ4n) is 4.36. The molecule has 0 aliphatic heterocycles. The maximum Gasteiger partial charge on any atom is 0.133 e. The summed E-state index contributed by atoms with van der Waals surface area (Å²) in [7, 11) is 0. The molecule has 156 valence electrons. The van der Waals surface area contributed by atoms with Crippen LogP contribution in [0.2, 0.25) is 0 Å². The van der Waals surface area contributed by atoms with E-state index in [0.29, 0.717) is 18.4 Å². The summed E-state index contributed by atoms with van der Waals surface area (Å²) < 4.78 is 17.3. The zero-order chi connectivity index (χ0) is 21.4. The Hall–Kier alpha value is -3.08. The van der Waals surface area contributed by atoms with Gasteiger partial charge in [-0.15, -0.1) is 0 Å². The molecule has 2 aromatic heterocycles. The van der Waals surface area contributed by atoms with E-state index in [1.54, 1.807) is 12.4 Å². The third-order valence-corrected chi connectivity index (χ3v) is 5.62. The van der Waals surface area contributed by atoms with Crippen LogP contribution < -0.4 is 0 Å². The Balaban J connectivity index is 0.00000272. The minimum atomic E-state index is -0.198. The summed E-state index contributed by atoms with van der Waals surface area (Å²) in [5, 5.41) is 0.664. The van der Waals surface area contributed by atoms with E-state index in [-0.39, 0.29) is 13.3 Å². The Bertz CT molecular complexity index is 1220. The van der Waals surface area contributed by atoms with Crippen molar-refractivity contribution in [2.45, 2.75) is 47.1 Å². The minimum Gasteiger partial charge on any atom is -0.342 e. The number of allylic oxidation sites excluding steroid dienone is 3. The molecule has 5 heteroatoms. The Morgan fingerprint density at radius 2 is 2.10 bits per heavy atom. The molecule has 2 heterocycles. The SMILES string of the molecule is C/C=C(\C=NCC)c1ncnc2c1C(c1cc(F)c3cc(C)n(C(C)C)c3c1)=CC2.[HH]. The van der Waals surface area contributed by atoms with Gasteiger partial charge in [0.15, 0.2) is 0 Å². The zero-order valence-electron chi connectivity index (χ0n) is 18.2. The van der Waals surface area contributed by atoms with Crippen molar-refractivity contribution in [3.63, 3.8) is 0 Å². The van der Waals surface area contributed by atoms with E-state index >= 15 is 4.39 Å². The van der Waals surface area contributed by atoms with E-state index in [2.05, 4.69) is 45.5 Å². The van der Waals surface area contributed by atoms with E-state index in [1.165, 1.54) is 0 Å². The fourth-order valence-corrected chi connectivity index (χ4v) is 4.36. The predicted molar refractivity (Wildman–Crippen MR) is 125 cm³/mol. The van der Waals surface area contributed by atoms with E-state index in [1.807, 2.05) is 39.1 Å². The topological polar surface area (TPSA) is 43.1 Å². The van der Waals surface area contributed by atoms with Gasteiger partial charge < -0.3 is 4.57 Å². The van der Waals surface area contributed by atoms with Crippen molar-refractivity contribution >= 4 is 28.3 Å². The van der Waals surface area contributed by atoms with Gasteiger partial charge in [0, 0.05) is 48.9 Å². The highest BCUT2D eigenvalue weighted by atomic mass is 19.1. The van der Waals surface area contributed by atoms with Crippen molar-refractivity contribution in [1.29, 1.82) is 0 Å². The summed E-state index contributed by atoms with van der Waals surface area (Å²) in [5.74, 6) is -0.198. The summed E-state index contributed by atoms with van der Waals surface area (Å²) in [6.45, 7) is 11.0.